The van der Waals surface area contributed by atoms with E-state index in [1.807, 2.05) is 36.4 Å². The first-order chi connectivity index (χ1) is 13.6. The second-order valence-electron chi connectivity index (χ2n) is 6.44. The quantitative estimate of drug-likeness (QED) is 0.759. The predicted molar refractivity (Wildman–Crippen MR) is 112 cm³/mol. The smallest absolute Gasteiger partial charge is 0.256 e. The molecule has 1 aliphatic rings. The van der Waals surface area contributed by atoms with Crippen LogP contribution in [0.2, 0.25) is 0 Å². The Kier molecular flexibility index (Phi) is 7.11. The lowest BCUT2D eigenvalue weighted by Crippen LogP contribution is -2.41. The number of benzene rings is 2. The van der Waals surface area contributed by atoms with Crippen LogP contribution in [0.4, 0.5) is 5.69 Å². The van der Waals surface area contributed by atoms with E-state index in [0.29, 0.717) is 50.4 Å². The van der Waals surface area contributed by atoms with Crippen molar-refractivity contribution >= 4 is 34.8 Å². The number of rotatable bonds is 5. The molecule has 2 amide bonds. The molecule has 1 heterocycles. The molecule has 0 bridgehead atoms. The van der Waals surface area contributed by atoms with Gasteiger partial charge in [0, 0.05) is 19.5 Å². The SMILES string of the molecule is O=C(CCc1ccccc1)NC(=S)Nc1ccccc1C(=O)N1CCOCC1. The number of thiocarbonyl (C=S) groups is 1. The van der Waals surface area contributed by atoms with Gasteiger partial charge in [0.25, 0.3) is 5.91 Å². The van der Waals surface area contributed by atoms with Crippen molar-refractivity contribution in [3.05, 3.63) is 65.7 Å². The third kappa shape index (κ3) is 5.61. The third-order valence-corrected chi connectivity index (χ3v) is 4.64. The van der Waals surface area contributed by atoms with Gasteiger partial charge in [-0.3, -0.25) is 9.59 Å². The van der Waals surface area contributed by atoms with E-state index in [-0.39, 0.29) is 16.9 Å². The Hall–Kier alpha value is -2.77. The molecule has 2 N–H and O–H groups in total. The summed E-state index contributed by atoms with van der Waals surface area (Å²) in [5.74, 6) is -0.247. The van der Waals surface area contributed by atoms with Crippen LogP contribution in [0.5, 0.6) is 0 Å². The Balaban J connectivity index is 1.56. The number of aryl methyl sites for hydroxylation is 1. The maximum absolute atomic E-state index is 12.8. The summed E-state index contributed by atoms with van der Waals surface area (Å²) in [5.41, 5.74) is 2.19. The predicted octanol–water partition coefficient (Wildman–Crippen LogP) is 2.60. The summed E-state index contributed by atoms with van der Waals surface area (Å²) in [6, 6.07) is 16.9. The Labute approximate surface area is 169 Å². The largest absolute Gasteiger partial charge is 0.378 e. The van der Waals surface area contributed by atoms with Crippen molar-refractivity contribution < 1.29 is 14.3 Å². The van der Waals surface area contributed by atoms with Crippen molar-refractivity contribution in [3.8, 4) is 0 Å². The second kappa shape index (κ2) is 9.96. The zero-order chi connectivity index (χ0) is 19.8. The lowest BCUT2D eigenvalue weighted by atomic mass is 10.1. The number of carbonyl (C=O) groups excluding carboxylic acids is 2. The van der Waals surface area contributed by atoms with Crippen LogP contribution in [0.15, 0.2) is 54.6 Å². The first kappa shape index (κ1) is 20.0. The zero-order valence-corrected chi connectivity index (χ0v) is 16.3. The van der Waals surface area contributed by atoms with Crippen molar-refractivity contribution in [2.75, 3.05) is 31.6 Å². The van der Waals surface area contributed by atoms with Crippen molar-refractivity contribution in [1.29, 1.82) is 0 Å². The Morgan fingerprint density at radius 2 is 1.68 bits per heavy atom. The molecule has 28 heavy (non-hydrogen) atoms. The van der Waals surface area contributed by atoms with E-state index in [1.54, 1.807) is 23.1 Å². The summed E-state index contributed by atoms with van der Waals surface area (Å²) in [7, 11) is 0. The van der Waals surface area contributed by atoms with Gasteiger partial charge in [-0.1, -0.05) is 42.5 Å². The van der Waals surface area contributed by atoms with Crippen LogP contribution in [0.25, 0.3) is 0 Å². The minimum absolute atomic E-state index is 0.0791. The highest BCUT2D eigenvalue weighted by molar-refractivity contribution is 7.80. The Morgan fingerprint density at radius 3 is 2.43 bits per heavy atom. The minimum atomic E-state index is -0.168. The number of amides is 2. The van der Waals surface area contributed by atoms with E-state index >= 15 is 0 Å². The van der Waals surface area contributed by atoms with Gasteiger partial charge >= 0.3 is 0 Å². The van der Waals surface area contributed by atoms with Gasteiger partial charge in [0.1, 0.15) is 0 Å². The van der Waals surface area contributed by atoms with E-state index < -0.39 is 0 Å². The average molecular weight is 398 g/mol. The van der Waals surface area contributed by atoms with Gasteiger partial charge in [0.15, 0.2) is 5.11 Å². The van der Waals surface area contributed by atoms with Crippen LogP contribution in [-0.4, -0.2) is 48.1 Å². The van der Waals surface area contributed by atoms with Gasteiger partial charge in [-0.25, -0.2) is 0 Å². The van der Waals surface area contributed by atoms with Crippen LogP contribution in [-0.2, 0) is 16.0 Å². The minimum Gasteiger partial charge on any atom is -0.378 e. The summed E-state index contributed by atoms with van der Waals surface area (Å²) in [4.78, 5) is 26.7. The molecule has 1 fully saturated rings. The molecular weight excluding hydrogens is 374 g/mol. The highest BCUT2D eigenvalue weighted by Crippen LogP contribution is 2.18. The van der Waals surface area contributed by atoms with Gasteiger partial charge in [-0.15, -0.1) is 0 Å². The van der Waals surface area contributed by atoms with Crippen molar-refractivity contribution in [1.82, 2.24) is 10.2 Å². The average Bonchev–Trinajstić information content (AvgIpc) is 2.73. The Morgan fingerprint density at radius 1 is 1.00 bits per heavy atom. The van der Waals surface area contributed by atoms with Gasteiger partial charge in [-0.05, 0) is 36.3 Å². The Bertz CT molecular complexity index is 836. The van der Waals surface area contributed by atoms with Gasteiger partial charge in [0.2, 0.25) is 5.91 Å². The zero-order valence-electron chi connectivity index (χ0n) is 15.5. The molecule has 0 aliphatic carbocycles. The first-order valence-corrected chi connectivity index (χ1v) is 9.65. The summed E-state index contributed by atoms with van der Waals surface area (Å²) in [6.45, 7) is 2.20. The molecule has 146 valence electrons. The molecule has 2 aromatic rings. The van der Waals surface area contributed by atoms with Gasteiger partial charge < -0.3 is 20.3 Å². The molecule has 6 nitrogen and oxygen atoms in total. The van der Waals surface area contributed by atoms with E-state index in [2.05, 4.69) is 10.6 Å². The normalized spacial score (nSPS) is 13.6. The number of ether oxygens (including phenoxy) is 1. The number of carbonyl (C=O) groups is 2. The first-order valence-electron chi connectivity index (χ1n) is 9.24. The number of hydrogen-bond donors (Lipinski definition) is 2. The summed E-state index contributed by atoms with van der Waals surface area (Å²) in [6.07, 6.45) is 0.974. The number of anilines is 1. The lowest BCUT2D eigenvalue weighted by Gasteiger charge is -2.27. The van der Waals surface area contributed by atoms with Crippen LogP contribution >= 0.6 is 12.2 Å². The molecule has 3 rings (SSSR count). The maximum atomic E-state index is 12.8. The number of nitrogens with zero attached hydrogens (tertiary/aromatic N) is 1. The molecule has 7 heteroatoms. The lowest BCUT2D eigenvalue weighted by molar-refractivity contribution is -0.119. The highest BCUT2D eigenvalue weighted by Gasteiger charge is 2.21. The van der Waals surface area contributed by atoms with Crippen molar-refractivity contribution in [3.63, 3.8) is 0 Å². The van der Waals surface area contributed by atoms with E-state index in [0.717, 1.165) is 5.56 Å². The molecular formula is C21H23N3O3S. The second-order valence-corrected chi connectivity index (χ2v) is 6.85. The molecule has 0 aromatic heterocycles. The molecule has 0 saturated carbocycles. The van der Waals surface area contributed by atoms with E-state index in [9.17, 15) is 9.59 Å². The number of nitrogens with one attached hydrogen (secondary N) is 2. The molecule has 0 unspecified atom stereocenters. The number of hydrogen-bond acceptors (Lipinski definition) is 4. The molecule has 0 atom stereocenters. The fourth-order valence-electron chi connectivity index (χ4n) is 2.96. The molecule has 2 aromatic carbocycles. The van der Waals surface area contributed by atoms with Crippen molar-refractivity contribution in [2.45, 2.75) is 12.8 Å². The molecule has 1 aliphatic heterocycles. The van der Waals surface area contributed by atoms with E-state index in [4.69, 9.17) is 17.0 Å². The van der Waals surface area contributed by atoms with Crippen LogP contribution < -0.4 is 10.6 Å². The van der Waals surface area contributed by atoms with E-state index in [1.165, 1.54) is 0 Å². The van der Waals surface area contributed by atoms with Crippen LogP contribution in [0, 0.1) is 0 Å². The van der Waals surface area contributed by atoms with Gasteiger partial charge in [0.05, 0.1) is 24.5 Å². The summed E-state index contributed by atoms with van der Waals surface area (Å²) in [5, 5.41) is 5.84. The fraction of sp³-hybridized carbons (Fsp3) is 0.286. The summed E-state index contributed by atoms with van der Waals surface area (Å²) < 4.78 is 5.30. The third-order valence-electron chi connectivity index (χ3n) is 4.44. The number of para-hydroxylation sites is 1. The van der Waals surface area contributed by atoms with Gasteiger partial charge in [-0.2, -0.15) is 0 Å². The highest BCUT2D eigenvalue weighted by atomic mass is 32.1. The monoisotopic (exact) mass is 397 g/mol. The topological polar surface area (TPSA) is 70.7 Å². The summed E-state index contributed by atoms with van der Waals surface area (Å²) >= 11 is 5.26. The maximum Gasteiger partial charge on any atom is 0.256 e. The van der Waals surface area contributed by atoms with Crippen LogP contribution in [0.1, 0.15) is 22.3 Å². The molecule has 0 radical (unpaired) electrons. The molecule has 1 saturated heterocycles. The van der Waals surface area contributed by atoms with Crippen molar-refractivity contribution in [2.24, 2.45) is 0 Å². The molecule has 0 spiro atoms. The number of morpholine rings is 1. The standard InChI is InChI=1S/C21H23N3O3S/c25-19(11-10-16-6-2-1-3-7-16)23-21(28)22-18-9-5-4-8-17(18)20(26)24-12-14-27-15-13-24/h1-9H,10-15H2,(H2,22,23,25,28). The fourth-order valence-corrected chi connectivity index (χ4v) is 3.18. The van der Waals surface area contributed by atoms with Crippen LogP contribution in [0.3, 0.4) is 0 Å².